The van der Waals surface area contributed by atoms with E-state index >= 15 is 0 Å². The van der Waals surface area contributed by atoms with Crippen molar-refractivity contribution in [3.63, 3.8) is 0 Å². The Hall–Kier alpha value is -4.29. The second-order valence-electron chi connectivity index (χ2n) is 9.31. The topological polar surface area (TPSA) is 146 Å². The standard InChI is InChI=1S/C27H29N5O6S.C2H6/c1-27(2,3)18-10-12-19(13-11-18)39(34,35)32-23-22(38-21-9-6-5-8-20(21)36-4)26(37-17-16-33)31-25(30-23)24-28-14-7-15-29-24;1-2/h5-15,33H,16-17H2,1-4H3,(H,30,31,32);1-2H3. The summed E-state index contributed by atoms with van der Waals surface area (Å²) in [5, 5.41) is 9.40. The quantitative estimate of drug-likeness (QED) is 0.255. The van der Waals surface area contributed by atoms with Crippen molar-refractivity contribution in [1.82, 2.24) is 19.9 Å². The summed E-state index contributed by atoms with van der Waals surface area (Å²) in [5.41, 5.74) is 0.827. The molecule has 0 unspecified atom stereocenters. The molecule has 2 aromatic carbocycles. The van der Waals surface area contributed by atoms with Crippen LogP contribution in [0.15, 0.2) is 71.9 Å². The second-order valence-corrected chi connectivity index (χ2v) is 11.0. The Morgan fingerprint density at radius 3 is 2.10 bits per heavy atom. The van der Waals surface area contributed by atoms with Crippen molar-refractivity contribution in [2.75, 3.05) is 25.0 Å². The van der Waals surface area contributed by atoms with Crippen molar-refractivity contribution in [3.05, 3.63) is 72.6 Å². The van der Waals surface area contributed by atoms with Gasteiger partial charge in [0.15, 0.2) is 23.1 Å². The van der Waals surface area contributed by atoms with Crippen molar-refractivity contribution in [2.24, 2.45) is 0 Å². The largest absolute Gasteiger partial charge is 0.493 e. The molecule has 4 rings (SSSR count). The number of para-hydroxylation sites is 2. The number of aliphatic hydroxyl groups excluding tert-OH is 1. The average molecular weight is 582 g/mol. The molecule has 0 saturated heterocycles. The number of anilines is 1. The van der Waals surface area contributed by atoms with E-state index in [-0.39, 0.29) is 58.4 Å². The average Bonchev–Trinajstić information content (AvgIpc) is 2.98. The number of ether oxygens (including phenoxy) is 3. The van der Waals surface area contributed by atoms with Crippen LogP contribution < -0.4 is 18.9 Å². The first kappa shape index (κ1) is 31.2. The molecule has 0 radical (unpaired) electrons. The number of aliphatic hydroxyl groups is 1. The third kappa shape index (κ3) is 7.89. The summed E-state index contributed by atoms with van der Waals surface area (Å²) in [6.07, 6.45) is 3.00. The molecule has 2 N–H and O–H groups in total. The van der Waals surface area contributed by atoms with Crippen molar-refractivity contribution in [2.45, 2.75) is 44.9 Å². The summed E-state index contributed by atoms with van der Waals surface area (Å²) < 4.78 is 46.6. The first-order valence-electron chi connectivity index (χ1n) is 13.0. The van der Waals surface area contributed by atoms with Crippen LogP contribution in [-0.4, -0.2) is 53.8 Å². The molecule has 0 bridgehead atoms. The minimum Gasteiger partial charge on any atom is -0.493 e. The molecule has 0 aliphatic rings. The van der Waals surface area contributed by atoms with Gasteiger partial charge < -0.3 is 19.3 Å². The summed E-state index contributed by atoms with van der Waals surface area (Å²) in [6.45, 7) is 9.65. The summed E-state index contributed by atoms with van der Waals surface area (Å²) in [5.74, 6) is 0.271. The number of methoxy groups -OCH3 is 1. The molecule has 0 saturated carbocycles. The van der Waals surface area contributed by atoms with Crippen LogP contribution in [0, 0.1) is 0 Å². The lowest BCUT2D eigenvalue weighted by Gasteiger charge is -2.20. The van der Waals surface area contributed by atoms with Crippen LogP contribution in [0.2, 0.25) is 0 Å². The van der Waals surface area contributed by atoms with Crippen molar-refractivity contribution >= 4 is 15.8 Å². The highest BCUT2D eigenvalue weighted by Gasteiger charge is 2.26. The Morgan fingerprint density at radius 2 is 1.51 bits per heavy atom. The maximum atomic E-state index is 13.5. The highest BCUT2D eigenvalue weighted by molar-refractivity contribution is 7.92. The van der Waals surface area contributed by atoms with Gasteiger partial charge in [-0.05, 0) is 41.3 Å². The van der Waals surface area contributed by atoms with E-state index in [1.807, 2.05) is 34.6 Å². The number of rotatable bonds is 10. The smallest absolute Gasteiger partial charge is 0.263 e. The van der Waals surface area contributed by atoms with Crippen LogP contribution in [0.3, 0.4) is 0 Å². The molecule has 0 aliphatic heterocycles. The van der Waals surface area contributed by atoms with Crippen LogP contribution in [-0.2, 0) is 15.4 Å². The Labute approximate surface area is 240 Å². The van der Waals surface area contributed by atoms with Crippen LogP contribution in [0.5, 0.6) is 23.1 Å². The van der Waals surface area contributed by atoms with E-state index in [0.717, 1.165) is 5.56 Å². The zero-order valence-electron chi connectivity index (χ0n) is 24.0. The highest BCUT2D eigenvalue weighted by Crippen LogP contribution is 2.41. The molecule has 0 spiro atoms. The predicted molar refractivity (Wildman–Crippen MR) is 156 cm³/mol. The van der Waals surface area contributed by atoms with Gasteiger partial charge >= 0.3 is 0 Å². The molecule has 11 nitrogen and oxygen atoms in total. The number of aromatic nitrogens is 4. The van der Waals surface area contributed by atoms with Gasteiger partial charge in [0.2, 0.25) is 11.6 Å². The number of sulfonamides is 1. The molecule has 0 fully saturated rings. The van der Waals surface area contributed by atoms with Gasteiger partial charge in [-0.3, -0.25) is 4.72 Å². The summed E-state index contributed by atoms with van der Waals surface area (Å²) in [4.78, 5) is 17.1. The fraction of sp³-hybridized carbons (Fsp3) is 0.310. The van der Waals surface area contributed by atoms with E-state index in [1.165, 1.54) is 31.6 Å². The third-order valence-corrected chi connectivity index (χ3v) is 6.83. The minimum atomic E-state index is -4.14. The normalized spacial score (nSPS) is 11.2. The van der Waals surface area contributed by atoms with E-state index in [2.05, 4.69) is 24.7 Å². The molecule has 0 atom stereocenters. The van der Waals surface area contributed by atoms with Gasteiger partial charge in [0.1, 0.15) is 6.61 Å². The fourth-order valence-electron chi connectivity index (χ4n) is 3.48. The lowest BCUT2D eigenvalue weighted by molar-refractivity contribution is 0.192. The molecule has 0 aliphatic carbocycles. The SMILES string of the molecule is CC.COc1ccccc1Oc1c(NS(=O)(=O)c2ccc(C(C)(C)C)cc2)nc(-c2ncccn2)nc1OCCO. The zero-order chi connectivity index (χ0) is 30.0. The van der Waals surface area contributed by atoms with Gasteiger partial charge in [-0.1, -0.05) is 58.9 Å². The molecule has 0 amide bonds. The Kier molecular flexibility index (Phi) is 10.6. The van der Waals surface area contributed by atoms with Crippen LogP contribution in [0.4, 0.5) is 5.82 Å². The fourth-order valence-corrected chi connectivity index (χ4v) is 4.48. The first-order valence-corrected chi connectivity index (χ1v) is 14.5. The third-order valence-electron chi connectivity index (χ3n) is 5.47. The molecular weight excluding hydrogens is 546 g/mol. The number of nitrogens with zero attached hydrogens (tertiary/aromatic N) is 4. The van der Waals surface area contributed by atoms with Crippen LogP contribution in [0.1, 0.15) is 40.2 Å². The monoisotopic (exact) mass is 581 g/mol. The predicted octanol–water partition coefficient (Wildman–Crippen LogP) is 5.23. The molecular formula is C29H35N5O6S. The van der Waals surface area contributed by atoms with E-state index in [4.69, 9.17) is 14.2 Å². The van der Waals surface area contributed by atoms with Gasteiger partial charge in [-0.2, -0.15) is 4.98 Å². The maximum Gasteiger partial charge on any atom is 0.263 e. The number of hydrogen-bond acceptors (Lipinski definition) is 10. The molecule has 4 aromatic rings. The van der Waals surface area contributed by atoms with Gasteiger partial charge in [0, 0.05) is 12.4 Å². The number of nitrogens with one attached hydrogen (secondary N) is 1. The second kappa shape index (κ2) is 13.9. The summed E-state index contributed by atoms with van der Waals surface area (Å²) >= 11 is 0. The van der Waals surface area contributed by atoms with Crippen molar-refractivity contribution < 1.29 is 27.7 Å². The first-order chi connectivity index (χ1) is 19.6. The van der Waals surface area contributed by atoms with Crippen LogP contribution in [0.25, 0.3) is 11.6 Å². The van der Waals surface area contributed by atoms with E-state index in [1.54, 1.807) is 42.5 Å². The van der Waals surface area contributed by atoms with Gasteiger partial charge in [-0.25, -0.2) is 23.4 Å². The van der Waals surface area contributed by atoms with E-state index in [0.29, 0.717) is 5.75 Å². The lowest BCUT2D eigenvalue weighted by Crippen LogP contribution is -2.17. The molecule has 41 heavy (non-hydrogen) atoms. The molecule has 218 valence electrons. The lowest BCUT2D eigenvalue weighted by atomic mass is 9.87. The van der Waals surface area contributed by atoms with Crippen molar-refractivity contribution in [1.29, 1.82) is 0 Å². The summed E-state index contributed by atoms with van der Waals surface area (Å²) in [7, 11) is -2.66. The van der Waals surface area contributed by atoms with E-state index in [9.17, 15) is 13.5 Å². The number of hydrogen-bond donors (Lipinski definition) is 2. The molecule has 2 heterocycles. The van der Waals surface area contributed by atoms with Gasteiger partial charge in [0.05, 0.1) is 18.6 Å². The van der Waals surface area contributed by atoms with E-state index < -0.39 is 10.0 Å². The molecule has 2 aromatic heterocycles. The Balaban J connectivity index is 0.00000226. The van der Waals surface area contributed by atoms with Crippen LogP contribution >= 0.6 is 0 Å². The van der Waals surface area contributed by atoms with Gasteiger partial charge in [-0.15, -0.1) is 0 Å². The summed E-state index contributed by atoms with van der Waals surface area (Å²) in [6, 6.07) is 15.0. The molecule has 12 heteroatoms. The highest BCUT2D eigenvalue weighted by atomic mass is 32.2. The Bertz CT molecular complexity index is 1530. The zero-order valence-corrected chi connectivity index (χ0v) is 24.8. The maximum absolute atomic E-state index is 13.5. The van der Waals surface area contributed by atoms with Crippen molar-refractivity contribution in [3.8, 4) is 34.8 Å². The Morgan fingerprint density at radius 1 is 0.878 bits per heavy atom. The van der Waals surface area contributed by atoms with Gasteiger partial charge in [0.25, 0.3) is 15.9 Å². The number of benzene rings is 2. The minimum absolute atomic E-state index is 0.0169.